The molecule has 0 saturated heterocycles. The van der Waals surface area contributed by atoms with Gasteiger partial charge in [-0.2, -0.15) is 5.10 Å². The molecule has 0 spiro atoms. The molecule has 1 aliphatic heterocycles. The monoisotopic (exact) mass is 486 g/mol. The van der Waals surface area contributed by atoms with Crippen LogP contribution < -0.4 is 10.6 Å². The van der Waals surface area contributed by atoms with E-state index in [2.05, 4.69) is 41.7 Å². The van der Waals surface area contributed by atoms with Crippen molar-refractivity contribution in [2.45, 2.75) is 57.7 Å². The van der Waals surface area contributed by atoms with Gasteiger partial charge in [-0.3, -0.25) is 4.79 Å². The topological polar surface area (TPSA) is 85.2 Å². The van der Waals surface area contributed by atoms with E-state index in [1.807, 2.05) is 60.1 Å². The van der Waals surface area contributed by atoms with E-state index >= 15 is 0 Å². The van der Waals surface area contributed by atoms with Crippen LogP contribution in [0.4, 0.5) is 5.82 Å². The number of nitrogens with zero attached hydrogens (tertiary/aromatic N) is 2. The highest BCUT2D eigenvalue weighted by atomic mass is 16.5. The minimum atomic E-state index is -0.830. The van der Waals surface area contributed by atoms with Gasteiger partial charge in [-0.15, -0.1) is 0 Å². The number of nitrogens with one attached hydrogen (secondary N) is 2. The second-order valence-corrected chi connectivity index (χ2v) is 10.1. The third-order valence-corrected chi connectivity index (χ3v) is 6.49. The van der Waals surface area contributed by atoms with Crippen molar-refractivity contribution in [1.82, 2.24) is 15.1 Å². The van der Waals surface area contributed by atoms with Crippen molar-refractivity contribution in [2.24, 2.45) is 0 Å². The summed E-state index contributed by atoms with van der Waals surface area (Å²) in [5, 5.41) is 11.3. The highest BCUT2D eigenvalue weighted by molar-refractivity contribution is 5.99. The molecular formula is C29H34N4O3. The Hall–Kier alpha value is -3.87. The molecule has 0 saturated carbocycles. The van der Waals surface area contributed by atoms with Crippen molar-refractivity contribution in [3.63, 3.8) is 0 Å². The molecule has 1 aliphatic rings. The zero-order valence-electron chi connectivity index (χ0n) is 21.3. The number of carbonyl (C=O) groups is 2. The molecule has 2 N–H and O–H groups in total. The minimum absolute atomic E-state index is 0.0522. The number of hydrogen-bond acceptors (Lipinski definition) is 5. The number of amides is 1. The van der Waals surface area contributed by atoms with E-state index in [1.54, 1.807) is 19.2 Å². The summed E-state index contributed by atoms with van der Waals surface area (Å²) < 4.78 is 6.95. The summed E-state index contributed by atoms with van der Waals surface area (Å²) in [6.07, 6.45) is 6.04. The van der Waals surface area contributed by atoms with Crippen molar-refractivity contribution < 1.29 is 14.3 Å². The van der Waals surface area contributed by atoms with Crippen molar-refractivity contribution in [2.75, 3.05) is 11.9 Å². The molecule has 2 unspecified atom stereocenters. The lowest BCUT2D eigenvalue weighted by Crippen LogP contribution is -2.46. The maximum absolute atomic E-state index is 13.7. The van der Waals surface area contributed by atoms with E-state index in [0.29, 0.717) is 17.8 Å². The first kappa shape index (κ1) is 25.2. The van der Waals surface area contributed by atoms with Gasteiger partial charge in [0.05, 0.1) is 29.9 Å². The van der Waals surface area contributed by atoms with Crippen LogP contribution in [0.25, 0.3) is 0 Å². The van der Waals surface area contributed by atoms with Gasteiger partial charge in [-0.25, -0.2) is 9.48 Å². The van der Waals surface area contributed by atoms with Crippen LogP contribution in [-0.4, -0.2) is 33.8 Å². The van der Waals surface area contributed by atoms with E-state index in [1.165, 1.54) is 6.08 Å². The first-order chi connectivity index (χ1) is 17.2. The predicted molar refractivity (Wildman–Crippen MR) is 141 cm³/mol. The van der Waals surface area contributed by atoms with Crippen molar-refractivity contribution >= 4 is 17.7 Å². The van der Waals surface area contributed by atoms with Crippen LogP contribution in [0.2, 0.25) is 0 Å². The summed E-state index contributed by atoms with van der Waals surface area (Å²) in [5.74, 6) is -0.0164. The molecule has 3 aromatic rings. The summed E-state index contributed by atoms with van der Waals surface area (Å²) in [4.78, 5) is 25.7. The van der Waals surface area contributed by atoms with Crippen LogP contribution in [-0.2, 0) is 21.5 Å². The summed E-state index contributed by atoms with van der Waals surface area (Å²) >= 11 is 0. The zero-order chi connectivity index (χ0) is 25.8. The van der Waals surface area contributed by atoms with Crippen LogP contribution in [0.1, 0.15) is 61.6 Å². The van der Waals surface area contributed by atoms with Gasteiger partial charge in [0.2, 0.25) is 0 Å². The third-order valence-electron chi connectivity index (χ3n) is 6.49. The molecule has 1 amide bonds. The molecule has 4 rings (SSSR count). The maximum Gasteiger partial charge on any atom is 0.330 e. The molecule has 0 fully saturated rings. The Bertz CT molecular complexity index is 1230. The first-order valence-electron chi connectivity index (χ1n) is 12.3. The Kier molecular flexibility index (Phi) is 7.29. The fourth-order valence-electron chi connectivity index (χ4n) is 4.73. The number of esters is 1. The average Bonchev–Trinajstić information content (AvgIpc) is 3.29. The van der Waals surface area contributed by atoms with Gasteiger partial charge < -0.3 is 15.4 Å². The van der Waals surface area contributed by atoms with Gasteiger partial charge in [0.25, 0.3) is 5.91 Å². The van der Waals surface area contributed by atoms with E-state index < -0.39 is 11.5 Å². The zero-order valence-corrected chi connectivity index (χ0v) is 21.3. The van der Waals surface area contributed by atoms with Crippen molar-refractivity contribution in [1.29, 1.82) is 0 Å². The number of hydrogen-bond donors (Lipinski definition) is 2. The first-order valence-corrected chi connectivity index (χ1v) is 12.3. The van der Waals surface area contributed by atoms with E-state index in [0.717, 1.165) is 17.5 Å². The van der Waals surface area contributed by atoms with Gasteiger partial charge in [-0.1, -0.05) is 66.7 Å². The lowest BCUT2D eigenvalue weighted by atomic mass is 9.89. The molecule has 1 aromatic heterocycles. The number of benzene rings is 2. The highest BCUT2D eigenvalue weighted by Crippen LogP contribution is 2.40. The molecular weight excluding hydrogens is 452 g/mol. The highest BCUT2D eigenvalue weighted by Gasteiger charge is 2.37. The number of ether oxygens (including phenoxy) is 1. The fourth-order valence-corrected chi connectivity index (χ4v) is 4.73. The van der Waals surface area contributed by atoms with E-state index in [9.17, 15) is 9.59 Å². The molecule has 36 heavy (non-hydrogen) atoms. The summed E-state index contributed by atoms with van der Waals surface area (Å²) in [5.41, 5.74) is 1.55. The Morgan fingerprint density at radius 1 is 1.17 bits per heavy atom. The summed E-state index contributed by atoms with van der Waals surface area (Å²) in [6.45, 7) is 8.20. The fraction of sp³-hybridized carbons (Fsp3) is 0.345. The lowest BCUT2D eigenvalue weighted by Gasteiger charge is -2.38. The van der Waals surface area contributed by atoms with Crippen molar-refractivity contribution in [3.8, 4) is 0 Å². The molecule has 0 aliphatic carbocycles. The minimum Gasteiger partial charge on any atom is -0.463 e. The van der Waals surface area contributed by atoms with E-state index in [-0.39, 0.29) is 24.1 Å². The average molecular weight is 487 g/mol. The smallest absolute Gasteiger partial charge is 0.330 e. The Morgan fingerprint density at radius 3 is 2.50 bits per heavy atom. The molecule has 2 aromatic carbocycles. The van der Waals surface area contributed by atoms with Crippen LogP contribution in [0.3, 0.4) is 0 Å². The number of aromatic nitrogens is 2. The third kappa shape index (κ3) is 5.67. The van der Waals surface area contributed by atoms with Gasteiger partial charge in [0, 0.05) is 6.08 Å². The summed E-state index contributed by atoms with van der Waals surface area (Å²) in [7, 11) is 0. The Labute approximate surface area is 212 Å². The van der Waals surface area contributed by atoms with Crippen LogP contribution in [0, 0.1) is 0 Å². The Balaban J connectivity index is 1.63. The Morgan fingerprint density at radius 2 is 1.83 bits per heavy atom. The SMILES string of the molecule is CCOC(=O)C=CC(C)(Cc1ccccc1)NC(=O)c1cnn2c1NC(c1ccccc1)CC2(C)C. The second-order valence-electron chi connectivity index (χ2n) is 10.1. The van der Waals surface area contributed by atoms with Crippen LogP contribution in [0.5, 0.6) is 0 Å². The maximum atomic E-state index is 13.7. The molecule has 7 nitrogen and oxygen atoms in total. The standard InChI is InChI=1S/C29H34N4O3/c1-5-36-25(34)16-17-29(4,18-21-12-8-6-9-13-21)32-27(35)23-20-30-33-26(23)31-24(19-28(33,2)3)22-14-10-7-11-15-22/h6-17,20,24,31H,5,18-19H2,1-4H3,(H,32,35). The second kappa shape index (κ2) is 10.4. The van der Waals surface area contributed by atoms with E-state index in [4.69, 9.17) is 4.74 Å². The van der Waals surface area contributed by atoms with Gasteiger partial charge >= 0.3 is 5.97 Å². The summed E-state index contributed by atoms with van der Waals surface area (Å²) in [6, 6.07) is 20.1. The molecule has 2 heterocycles. The lowest BCUT2D eigenvalue weighted by molar-refractivity contribution is -0.137. The number of anilines is 1. The normalized spacial score (nSPS) is 18.1. The van der Waals surface area contributed by atoms with Gasteiger partial charge in [0.1, 0.15) is 11.4 Å². The molecule has 7 heteroatoms. The number of carbonyl (C=O) groups excluding carboxylic acids is 2. The van der Waals surface area contributed by atoms with Gasteiger partial charge in [0.15, 0.2) is 0 Å². The van der Waals surface area contributed by atoms with Crippen LogP contribution >= 0.6 is 0 Å². The molecule has 0 radical (unpaired) electrons. The quantitative estimate of drug-likeness (QED) is 0.345. The van der Waals surface area contributed by atoms with Crippen LogP contribution in [0.15, 0.2) is 79.0 Å². The largest absolute Gasteiger partial charge is 0.463 e. The molecule has 2 atom stereocenters. The predicted octanol–water partition coefficient (Wildman–Crippen LogP) is 5.03. The van der Waals surface area contributed by atoms with Crippen molar-refractivity contribution in [3.05, 3.63) is 95.7 Å². The molecule has 188 valence electrons. The number of rotatable bonds is 8. The number of fused-ring (bicyclic) bond motifs is 1. The molecule has 0 bridgehead atoms. The van der Waals surface area contributed by atoms with Gasteiger partial charge in [-0.05, 0) is 51.7 Å².